The van der Waals surface area contributed by atoms with Gasteiger partial charge in [-0.15, -0.1) is 11.8 Å². The number of nitrogens with one attached hydrogen (secondary N) is 2. The minimum absolute atomic E-state index is 0.164. The average Bonchev–Trinajstić information content (AvgIpc) is 2.86. The molecule has 0 saturated carbocycles. The minimum atomic E-state index is -3.55. The molecule has 0 fully saturated rings. The molecule has 2 aromatic carbocycles. The van der Waals surface area contributed by atoms with Crippen LogP contribution in [0.25, 0.3) is 0 Å². The fourth-order valence-corrected chi connectivity index (χ4v) is 4.16. The number of rotatable bonds is 5. The number of carbonyl (C=O) groups excluding carboxylic acids is 1. The lowest BCUT2D eigenvalue weighted by atomic mass is 10.2. The summed E-state index contributed by atoms with van der Waals surface area (Å²) in [6.07, 6.45) is 2.13. The van der Waals surface area contributed by atoms with Crippen LogP contribution in [-0.4, -0.2) is 33.0 Å². The lowest BCUT2D eigenvalue weighted by Crippen LogP contribution is -2.23. The van der Waals surface area contributed by atoms with Gasteiger partial charge in [0.1, 0.15) is 5.84 Å². The summed E-state index contributed by atoms with van der Waals surface area (Å²) in [6.45, 7) is 0.195. The van der Waals surface area contributed by atoms with Crippen LogP contribution < -0.4 is 10.0 Å². The van der Waals surface area contributed by atoms with E-state index in [9.17, 15) is 13.2 Å². The topological polar surface area (TPSA) is 87.6 Å². The third-order valence-electron chi connectivity index (χ3n) is 3.63. The predicted molar refractivity (Wildman–Crippen MR) is 99.6 cm³/mol. The largest absolute Gasteiger partial charge is 0.326 e. The number of aliphatic imine (C=N–C) groups is 1. The molecule has 1 heterocycles. The molecule has 0 atom stereocenters. The number of anilines is 1. The van der Waals surface area contributed by atoms with Gasteiger partial charge in [0.05, 0.1) is 11.4 Å². The second kappa shape index (κ2) is 7.28. The van der Waals surface area contributed by atoms with E-state index in [0.717, 1.165) is 10.6 Å². The van der Waals surface area contributed by atoms with Crippen LogP contribution in [0.3, 0.4) is 0 Å². The van der Waals surface area contributed by atoms with Gasteiger partial charge < -0.3 is 5.32 Å². The van der Waals surface area contributed by atoms with Crippen molar-refractivity contribution in [2.24, 2.45) is 4.99 Å². The van der Waals surface area contributed by atoms with Gasteiger partial charge >= 0.3 is 0 Å². The van der Waals surface area contributed by atoms with Crippen molar-refractivity contribution in [1.82, 2.24) is 4.72 Å². The van der Waals surface area contributed by atoms with Gasteiger partial charge in [-0.1, -0.05) is 18.2 Å². The van der Waals surface area contributed by atoms with Crippen molar-refractivity contribution in [3.05, 3.63) is 54.1 Å². The molecule has 2 aromatic rings. The molecule has 1 aliphatic rings. The SMILES string of the molecule is CSc1cccc(NC(=O)CCN=C2NS(=O)(=O)c3ccccc32)c1. The number of benzene rings is 2. The fourth-order valence-electron chi connectivity index (χ4n) is 2.44. The smallest absolute Gasteiger partial charge is 0.263 e. The summed E-state index contributed by atoms with van der Waals surface area (Å²) in [4.78, 5) is 17.5. The van der Waals surface area contributed by atoms with Crippen LogP contribution in [0.15, 0.2) is 63.3 Å². The number of amides is 1. The zero-order chi connectivity index (χ0) is 17.9. The number of amidine groups is 1. The monoisotopic (exact) mass is 375 g/mol. The van der Waals surface area contributed by atoms with E-state index in [1.54, 1.807) is 30.0 Å². The van der Waals surface area contributed by atoms with Crippen molar-refractivity contribution < 1.29 is 13.2 Å². The molecule has 0 radical (unpaired) electrons. The molecule has 1 amide bonds. The summed E-state index contributed by atoms with van der Waals surface area (Å²) in [6, 6.07) is 14.2. The summed E-state index contributed by atoms with van der Waals surface area (Å²) in [5, 5.41) is 2.82. The van der Waals surface area contributed by atoms with Gasteiger partial charge in [-0.25, -0.2) is 8.42 Å². The lowest BCUT2D eigenvalue weighted by Gasteiger charge is -2.06. The molecule has 0 saturated heterocycles. The highest BCUT2D eigenvalue weighted by Gasteiger charge is 2.29. The molecule has 0 aromatic heterocycles. The average molecular weight is 375 g/mol. The summed E-state index contributed by atoms with van der Waals surface area (Å²) in [7, 11) is -3.55. The van der Waals surface area contributed by atoms with Gasteiger partial charge in [-0.05, 0) is 36.6 Å². The van der Waals surface area contributed by atoms with Crippen molar-refractivity contribution in [3.63, 3.8) is 0 Å². The first-order valence-electron chi connectivity index (χ1n) is 7.60. The first-order valence-corrected chi connectivity index (χ1v) is 10.3. The number of sulfonamides is 1. The number of thioether (sulfide) groups is 1. The quantitative estimate of drug-likeness (QED) is 0.786. The third kappa shape index (κ3) is 4.02. The first-order chi connectivity index (χ1) is 12.0. The highest BCUT2D eigenvalue weighted by molar-refractivity contribution is 7.98. The zero-order valence-electron chi connectivity index (χ0n) is 13.5. The Morgan fingerprint density at radius 2 is 2.00 bits per heavy atom. The predicted octanol–water partition coefficient (Wildman–Crippen LogP) is 2.48. The van der Waals surface area contributed by atoms with Crippen molar-refractivity contribution >= 4 is 39.2 Å². The Balaban J connectivity index is 1.63. The minimum Gasteiger partial charge on any atom is -0.326 e. The second-order valence-electron chi connectivity index (χ2n) is 5.36. The van der Waals surface area contributed by atoms with Crippen LogP contribution in [0, 0.1) is 0 Å². The van der Waals surface area contributed by atoms with E-state index in [0.29, 0.717) is 5.56 Å². The van der Waals surface area contributed by atoms with Crippen molar-refractivity contribution in [3.8, 4) is 0 Å². The molecule has 0 aliphatic carbocycles. The number of hydrogen-bond acceptors (Lipinski definition) is 5. The van der Waals surface area contributed by atoms with E-state index in [-0.39, 0.29) is 29.6 Å². The first kappa shape index (κ1) is 17.5. The van der Waals surface area contributed by atoms with E-state index in [1.165, 1.54) is 6.07 Å². The molecule has 0 spiro atoms. The normalized spacial score (nSPS) is 16.3. The highest BCUT2D eigenvalue weighted by atomic mass is 32.2. The maximum Gasteiger partial charge on any atom is 0.263 e. The van der Waals surface area contributed by atoms with Crippen LogP contribution in [0.2, 0.25) is 0 Å². The van der Waals surface area contributed by atoms with Crippen LogP contribution in [-0.2, 0) is 14.8 Å². The molecule has 1 aliphatic heterocycles. The number of hydrogen-bond donors (Lipinski definition) is 2. The molecule has 130 valence electrons. The zero-order valence-corrected chi connectivity index (χ0v) is 15.2. The summed E-state index contributed by atoms with van der Waals surface area (Å²) >= 11 is 1.60. The molecule has 0 unspecified atom stereocenters. The molecule has 3 rings (SSSR count). The van der Waals surface area contributed by atoms with Gasteiger partial charge in [0.25, 0.3) is 10.0 Å². The summed E-state index contributed by atoms with van der Waals surface area (Å²) in [5.74, 6) is 0.115. The van der Waals surface area contributed by atoms with Gasteiger partial charge in [-0.3, -0.25) is 14.5 Å². The lowest BCUT2D eigenvalue weighted by molar-refractivity contribution is -0.116. The van der Waals surface area contributed by atoms with E-state index in [4.69, 9.17) is 0 Å². The highest BCUT2D eigenvalue weighted by Crippen LogP contribution is 2.22. The Hall–Kier alpha value is -2.32. The molecule has 6 nitrogen and oxygen atoms in total. The maximum absolute atomic E-state index is 12.0. The Morgan fingerprint density at radius 1 is 1.20 bits per heavy atom. The van der Waals surface area contributed by atoms with Crippen LogP contribution in [0.5, 0.6) is 0 Å². The van der Waals surface area contributed by atoms with Gasteiger partial charge in [0.15, 0.2) is 0 Å². The van der Waals surface area contributed by atoms with E-state index in [1.807, 2.05) is 30.5 Å². The maximum atomic E-state index is 12.0. The van der Waals surface area contributed by atoms with Gasteiger partial charge in [0.2, 0.25) is 5.91 Å². The van der Waals surface area contributed by atoms with Gasteiger partial charge in [-0.2, -0.15) is 0 Å². The molecule has 0 bridgehead atoms. The molecule has 2 N–H and O–H groups in total. The molecule has 25 heavy (non-hydrogen) atoms. The molecular weight excluding hydrogens is 358 g/mol. The van der Waals surface area contributed by atoms with Crippen LogP contribution in [0.1, 0.15) is 12.0 Å². The van der Waals surface area contributed by atoms with Gasteiger partial charge in [0, 0.05) is 22.6 Å². The van der Waals surface area contributed by atoms with E-state index >= 15 is 0 Å². The van der Waals surface area contributed by atoms with Crippen LogP contribution in [0.4, 0.5) is 5.69 Å². The Labute approximate surface area is 150 Å². The second-order valence-corrected chi connectivity index (χ2v) is 7.89. The molecule has 8 heteroatoms. The Bertz CT molecular complexity index is 940. The Kier molecular flexibility index (Phi) is 5.10. The summed E-state index contributed by atoms with van der Waals surface area (Å²) < 4.78 is 26.4. The number of carbonyl (C=O) groups is 1. The van der Waals surface area contributed by atoms with Crippen molar-refractivity contribution in [2.75, 3.05) is 18.1 Å². The summed E-state index contributed by atoms with van der Waals surface area (Å²) in [5.41, 5.74) is 1.27. The van der Waals surface area contributed by atoms with Crippen LogP contribution >= 0.6 is 11.8 Å². The Morgan fingerprint density at radius 3 is 2.80 bits per heavy atom. The third-order valence-corrected chi connectivity index (χ3v) is 5.75. The van der Waals surface area contributed by atoms with E-state index in [2.05, 4.69) is 15.0 Å². The fraction of sp³-hybridized carbons (Fsp3) is 0.176. The van der Waals surface area contributed by atoms with E-state index < -0.39 is 10.0 Å². The standard InChI is InChI=1S/C17H17N3O3S2/c1-24-13-6-4-5-12(11-13)19-16(21)9-10-18-17-14-7-2-3-8-15(14)25(22,23)20-17/h2-8,11H,9-10H2,1H3,(H,18,20)(H,19,21). The van der Waals surface area contributed by atoms with Crippen molar-refractivity contribution in [2.45, 2.75) is 16.2 Å². The molecular formula is C17H17N3O3S2. The number of fused-ring (bicyclic) bond motifs is 1. The number of nitrogens with zero attached hydrogens (tertiary/aromatic N) is 1. The van der Waals surface area contributed by atoms with Crippen molar-refractivity contribution in [1.29, 1.82) is 0 Å².